The Balaban J connectivity index is 3.16. The highest BCUT2D eigenvalue weighted by molar-refractivity contribution is 5.98. The minimum Gasteiger partial charge on any atom is -0.495 e. The van der Waals surface area contributed by atoms with E-state index in [1.165, 1.54) is 25.3 Å². The second kappa shape index (κ2) is 5.72. The van der Waals surface area contributed by atoms with E-state index in [1.807, 2.05) is 0 Å². The van der Waals surface area contributed by atoms with E-state index in [0.29, 0.717) is 4.90 Å². The van der Waals surface area contributed by atoms with E-state index in [1.54, 1.807) is 6.07 Å². The lowest BCUT2D eigenvalue weighted by molar-refractivity contribution is -0.170. The van der Waals surface area contributed by atoms with Crippen LogP contribution >= 0.6 is 0 Å². The minimum atomic E-state index is -4.95. The molecule has 0 aromatic heterocycles. The summed E-state index contributed by atoms with van der Waals surface area (Å²) in [7, 11) is 1.32. The average Bonchev–Trinajstić information content (AvgIpc) is 2.34. The summed E-state index contributed by atoms with van der Waals surface area (Å²) in [5.41, 5.74) is 5.29. The van der Waals surface area contributed by atoms with Crippen LogP contribution in [0.15, 0.2) is 24.3 Å². The zero-order chi connectivity index (χ0) is 13.8. The van der Waals surface area contributed by atoms with Crippen molar-refractivity contribution in [2.24, 2.45) is 5.73 Å². The molecular formula is C11H13F3N2O2. The largest absolute Gasteiger partial charge is 0.495 e. The number of benzene rings is 1. The molecule has 0 bridgehead atoms. The lowest BCUT2D eigenvalue weighted by Gasteiger charge is -2.24. The molecule has 0 fully saturated rings. The van der Waals surface area contributed by atoms with E-state index in [2.05, 4.69) is 0 Å². The molecule has 0 heterocycles. The molecule has 0 saturated carbocycles. The Hall–Kier alpha value is -1.76. The lowest BCUT2D eigenvalue weighted by atomic mass is 10.2. The van der Waals surface area contributed by atoms with Gasteiger partial charge in [-0.1, -0.05) is 12.1 Å². The highest BCUT2D eigenvalue weighted by atomic mass is 19.4. The van der Waals surface area contributed by atoms with Gasteiger partial charge in [-0.2, -0.15) is 13.2 Å². The maximum absolute atomic E-state index is 12.5. The van der Waals surface area contributed by atoms with Gasteiger partial charge < -0.3 is 10.5 Å². The van der Waals surface area contributed by atoms with E-state index in [0.717, 1.165) is 0 Å². The van der Waals surface area contributed by atoms with Crippen LogP contribution in [0.3, 0.4) is 0 Å². The summed E-state index contributed by atoms with van der Waals surface area (Å²) in [5, 5.41) is 0. The SMILES string of the molecule is COc1ccccc1N(CCN)C(=O)C(F)(F)F. The Bertz CT molecular complexity index is 421. The minimum absolute atomic E-state index is 0.0489. The van der Waals surface area contributed by atoms with Crippen molar-refractivity contribution in [1.82, 2.24) is 0 Å². The fourth-order valence-electron chi connectivity index (χ4n) is 1.47. The number of nitrogens with two attached hydrogens (primary N) is 1. The van der Waals surface area contributed by atoms with Crippen molar-refractivity contribution in [1.29, 1.82) is 0 Å². The van der Waals surface area contributed by atoms with E-state index < -0.39 is 12.1 Å². The van der Waals surface area contributed by atoms with Gasteiger partial charge in [0.25, 0.3) is 0 Å². The molecule has 0 saturated heterocycles. The molecule has 0 radical (unpaired) electrons. The second-order valence-electron chi connectivity index (χ2n) is 3.42. The summed E-state index contributed by atoms with van der Waals surface area (Å²) in [6.45, 7) is -0.321. The van der Waals surface area contributed by atoms with Gasteiger partial charge in [0.1, 0.15) is 5.75 Å². The first kappa shape index (κ1) is 14.3. The van der Waals surface area contributed by atoms with Crippen molar-refractivity contribution in [3.05, 3.63) is 24.3 Å². The maximum atomic E-state index is 12.5. The zero-order valence-electron chi connectivity index (χ0n) is 9.70. The number of methoxy groups -OCH3 is 1. The van der Waals surface area contributed by atoms with Gasteiger partial charge in [-0.3, -0.25) is 9.69 Å². The second-order valence-corrected chi connectivity index (χ2v) is 3.42. The Morgan fingerprint density at radius 1 is 1.39 bits per heavy atom. The molecular weight excluding hydrogens is 249 g/mol. The quantitative estimate of drug-likeness (QED) is 0.895. The number of para-hydroxylation sites is 2. The van der Waals surface area contributed by atoms with Gasteiger partial charge in [-0.25, -0.2) is 0 Å². The van der Waals surface area contributed by atoms with Crippen LogP contribution in [0.2, 0.25) is 0 Å². The van der Waals surface area contributed by atoms with Crippen molar-refractivity contribution in [3.63, 3.8) is 0 Å². The maximum Gasteiger partial charge on any atom is 0.471 e. The molecule has 1 amide bonds. The van der Waals surface area contributed by atoms with Crippen LogP contribution in [-0.2, 0) is 4.79 Å². The molecule has 0 unspecified atom stereocenters. The van der Waals surface area contributed by atoms with Gasteiger partial charge >= 0.3 is 12.1 Å². The standard InChI is InChI=1S/C11H13F3N2O2/c1-18-9-5-3-2-4-8(9)16(7-6-15)10(17)11(12,13)14/h2-5H,6-7,15H2,1H3. The summed E-state index contributed by atoms with van der Waals surface area (Å²) in [5.74, 6) is -1.78. The fourth-order valence-corrected chi connectivity index (χ4v) is 1.47. The van der Waals surface area contributed by atoms with Crippen LogP contribution in [0.1, 0.15) is 0 Å². The number of anilines is 1. The highest BCUT2D eigenvalue weighted by Gasteiger charge is 2.43. The first-order chi connectivity index (χ1) is 8.41. The van der Waals surface area contributed by atoms with Crippen LogP contribution in [0.25, 0.3) is 0 Å². The van der Waals surface area contributed by atoms with E-state index in [9.17, 15) is 18.0 Å². The van der Waals surface area contributed by atoms with Gasteiger partial charge in [0.15, 0.2) is 0 Å². The smallest absolute Gasteiger partial charge is 0.471 e. The summed E-state index contributed by atoms with van der Waals surface area (Å²) in [6.07, 6.45) is -4.95. The summed E-state index contributed by atoms with van der Waals surface area (Å²) in [6, 6.07) is 5.96. The molecule has 0 spiro atoms. The van der Waals surface area contributed by atoms with Crippen molar-refractivity contribution in [2.45, 2.75) is 6.18 Å². The number of hydrogen-bond acceptors (Lipinski definition) is 3. The summed E-state index contributed by atoms with van der Waals surface area (Å²) < 4.78 is 42.3. The first-order valence-electron chi connectivity index (χ1n) is 5.13. The summed E-state index contributed by atoms with van der Waals surface area (Å²) >= 11 is 0. The Labute approximate surface area is 102 Å². The number of nitrogens with zero attached hydrogens (tertiary/aromatic N) is 1. The monoisotopic (exact) mass is 262 g/mol. The molecule has 1 aromatic rings. The topological polar surface area (TPSA) is 55.6 Å². The third-order valence-electron chi connectivity index (χ3n) is 2.22. The summed E-state index contributed by atoms with van der Waals surface area (Å²) in [4.78, 5) is 11.9. The number of ether oxygens (including phenoxy) is 1. The highest BCUT2D eigenvalue weighted by Crippen LogP contribution is 2.30. The van der Waals surface area contributed by atoms with E-state index in [-0.39, 0.29) is 24.5 Å². The third kappa shape index (κ3) is 3.13. The molecule has 1 rings (SSSR count). The van der Waals surface area contributed by atoms with Gasteiger partial charge in [-0.05, 0) is 12.1 Å². The number of rotatable bonds is 4. The molecule has 100 valence electrons. The molecule has 4 nitrogen and oxygen atoms in total. The van der Waals surface area contributed by atoms with Gasteiger partial charge in [0.05, 0.1) is 12.8 Å². The van der Waals surface area contributed by atoms with E-state index in [4.69, 9.17) is 10.5 Å². The van der Waals surface area contributed by atoms with Crippen molar-refractivity contribution < 1.29 is 22.7 Å². The van der Waals surface area contributed by atoms with Crippen LogP contribution in [-0.4, -0.2) is 32.3 Å². The predicted octanol–water partition coefficient (Wildman–Crippen LogP) is 1.55. The molecule has 0 aliphatic carbocycles. The Morgan fingerprint density at radius 3 is 2.50 bits per heavy atom. The van der Waals surface area contributed by atoms with Crippen LogP contribution in [0.4, 0.5) is 18.9 Å². The average molecular weight is 262 g/mol. The fraction of sp³-hybridized carbons (Fsp3) is 0.364. The Kier molecular flexibility index (Phi) is 4.55. The predicted molar refractivity (Wildman–Crippen MR) is 60.5 cm³/mol. The molecule has 2 N–H and O–H groups in total. The first-order valence-corrected chi connectivity index (χ1v) is 5.13. The molecule has 18 heavy (non-hydrogen) atoms. The van der Waals surface area contributed by atoms with Crippen LogP contribution in [0.5, 0.6) is 5.75 Å². The number of carbonyl (C=O) groups is 1. The zero-order valence-corrected chi connectivity index (χ0v) is 9.70. The third-order valence-corrected chi connectivity index (χ3v) is 2.22. The number of halogens is 3. The molecule has 7 heteroatoms. The molecule has 1 aromatic carbocycles. The van der Waals surface area contributed by atoms with Crippen molar-refractivity contribution in [3.8, 4) is 5.75 Å². The van der Waals surface area contributed by atoms with Gasteiger partial charge in [-0.15, -0.1) is 0 Å². The number of carbonyl (C=O) groups excluding carboxylic acids is 1. The lowest BCUT2D eigenvalue weighted by Crippen LogP contribution is -2.43. The Morgan fingerprint density at radius 2 is 2.00 bits per heavy atom. The van der Waals surface area contributed by atoms with Gasteiger partial charge in [0.2, 0.25) is 0 Å². The van der Waals surface area contributed by atoms with E-state index >= 15 is 0 Å². The normalized spacial score (nSPS) is 11.2. The molecule has 0 atom stereocenters. The number of amides is 1. The molecule has 0 aliphatic rings. The molecule has 0 aliphatic heterocycles. The number of alkyl halides is 3. The van der Waals surface area contributed by atoms with Crippen molar-refractivity contribution in [2.75, 3.05) is 25.1 Å². The van der Waals surface area contributed by atoms with Crippen LogP contribution < -0.4 is 15.4 Å². The van der Waals surface area contributed by atoms with Crippen molar-refractivity contribution >= 4 is 11.6 Å². The van der Waals surface area contributed by atoms with Gasteiger partial charge in [0, 0.05) is 13.1 Å². The number of hydrogen-bond donors (Lipinski definition) is 1. The van der Waals surface area contributed by atoms with Crippen LogP contribution in [0, 0.1) is 0 Å².